The molecule has 1 aromatic carbocycles. The van der Waals surface area contributed by atoms with E-state index in [1.165, 1.54) is 17.0 Å². The van der Waals surface area contributed by atoms with E-state index in [4.69, 9.17) is 4.74 Å². The highest BCUT2D eigenvalue weighted by molar-refractivity contribution is 5.98. The number of carbonyl (C=O) groups excluding carboxylic acids is 2. The van der Waals surface area contributed by atoms with Gasteiger partial charge in [0.1, 0.15) is 0 Å². The number of ether oxygens (including phenoxy) is 1. The summed E-state index contributed by atoms with van der Waals surface area (Å²) in [5, 5.41) is 2.61. The minimum Gasteiger partial charge on any atom is -0.436 e. The number of nitrogens with zero attached hydrogens (tertiary/aromatic N) is 1. The SMILES string of the molecule is CC(C)(C)NC(=O)OC1CCCN(c2ccc(C(F)(F)F)cc2)C1=O. The van der Waals surface area contributed by atoms with Crippen LogP contribution in [0.15, 0.2) is 24.3 Å². The molecule has 1 unspecified atom stereocenters. The molecular formula is C17H21F3N2O3. The van der Waals surface area contributed by atoms with Crippen LogP contribution in [0.3, 0.4) is 0 Å². The highest BCUT2D eigenvalue weighted by atomic mass is 19.4. The summed E-state index contributed by atoms with van der Waals surface area (Å²) in [5.41, 5.74) is -0.928. The van der Waals surface area contributed by atoms with Crippen molar-refractivity contribution in [1.82, 2.24) is 5.32 Å². The van der Waals surface area contributed by atoms with E-state index in [9.17, 15) is 22.8 Å². The van der Waals surface area contributed by atoms with Crippen molar-refractivity contribution in [2.45, 2.75) is 51.4 Å². The van der Waals surface area contributed by atoms with Gasteiger partial charge in [-0.25, -0.2) is 4.79 Å². The molecule has 25 heavy (non-hydrogen) atoms. The zero-order valence-corrected chi connectivity index (χ0v) is 14.3. The predicted octanol–water partition coefficient (Wildman–Crippen LogP) is 3.73. The third kappa shape index (κ3) is 5.11. The lowest BCUT2D eigenvalue weighted by molar-refractivity contribution is -0.137. The maximum Gasteiger partial charge on any atom is 0.416 e. The maximum absolute atomic E-state index is 12.6. The number of halogens is 3. The molecule has 138 valence electrons. The van der Waals surface area contributed by atoms with Crippen LogP contribution in [-0.4, -0.2) is 30.2 Å². The summed E-state index contributed by atoms with van der Waals surface area (Å²) in [4.78, 5) is 25.7. The van der Waals surface area contributed by atoms with Gasteiger partial charge in [0.25, 0.3) is 5.91 Å². The third-order valence-corrected chi connectivity index (χ3v) is 3.62. The molecule has 0 saturated carbocycles. The largest absolute Gasteiger partial charge is 0.436 e. The molecule has 0 bridgehead atoms. The van der Waals surface area contributed by atoms with Gasteiger partial charge in [0.2, 0.25) is 0 Å². The Morgan fingerprint density at radius 3 is 2.32 bits per heavy atom. The molecule has 2 amide bonds. The van der Waals surface area contributed by atoms with Crippen molar-refractivity contribution < 1.29 is 27.5 Å². The average molecular weight is 358 g/mol. The minimum atomic E-state index is -4.43. The van der Waals surface area contributed by atoms with Crippen LogP contribution in [0.25, 0.3) is 0 Å². The number of piperidine rings is 1. The lowest BCUT2D eigenvalue weighted by Crippen LogP contribution is -2.49. The fraction of sp³-hybridized carbons (Fsp3) is 0.529. The van der Waals surface area contributed by atoms with Crippen LogP contribution in [0.4, 0.5) is 23.7 Å². The fourth-order valence-corrected chi connectivity index (χ4v) is 2.50. The molecule has 1 saturated heterocycles. The number of benzene rings is 1. The van der Waals surface area contributed by atoms with E-state index in [2.05, 4.69) is 5.32 Å². The van der Waals surface area contributed by atoms with Gasteiger partial charge in [-0.15, -0.1) is 0 Å². The summed E-state index contributed by atoms with van der Waals surface area (Å²) in [6, 6.07) is 4.36. The molecular weight excluding hydrogens is 337 g/mol. The van der Waals surface area contributed by atoms with E-state index in [-0.39, 0.29) is 0 Å². The number of hydrogen-bond acceptors (Lipinski definition) is 3. The molecule has 1 N–H and O–H groups in total. The number of amides is 2. The Balaban J connectivity index is 2.08. The van der Waals surface area contributed by atoms with Gasteiger partial charge in [-0.05, 0) is 57.9 Å². The van der Waals surface area contributed by atoms with Crippen LogP contribution >= 0.6 is 0 Å². The molecule has 8 heteroatoms. The predicted molar refractivity (Wildman–Crippen MR) is 86.2 cm³/mol. The van der Waals surface area contributed by atoms with Gasteiger partial charge in [-0.1, -0.05) is 0 Å². The van der Waals surface area contributed by atoms with E-state index >= 15 is 0 Å². The Labute approximate surface area is 144 Å². The molecule has 1 aliphatic rings. The van der Waals surface area contributed by atoms with Crippen molar-refractivity contribution in [3.8, 4) is 0 Å². The van der Waals surface area contributed by atoms with E-state index < -0.39 is 35.4 Å². The number of anilines is 1. The average Bonchev–Trinajstić information content (AvgIpc) is 2.47. The van der Waals surface area contributed by atoms with Gasteiger partial charge in [0.05, 0.1) is 5.56 Å². The number of rotatable bonds is 2. The third-order valence-electron chi connectivity index (χ3n) is 3.62. The van der Waals surface area contributed by atoms with E-state index in [1.54, 1.807) is 20.8 Å². The van der Waals surface area contributed by atoms with Crippen LogP contribution < -0.4 is 10.2 Å². The van der Waals surface area contributed by atoms with Gasteiger partial charge in [0, 0.05) is 17.8 Å². The van der Waals surface area contributed by atoms with Crippen LogP contribution in [0, 0.1) is 0 Å². The Morgan fingerprint density at radius 1 is 1.20 bits per heavy atom. The minimum absolute atomic E-state index is 0.350. The normalized spacial score (nSPS) is 18.9. The van der Waals surface area contributed by atoms with Gasteiger partial charge >= 0.3 is 12.3 Å². The zero-order chi connectivity index (χ0) is 18.8. The summed E-state index contributed by atoms with van der Waals surface area (Å²) < 4.78 is 43.1. The number of hydrogen-bond donors (Lipinski definition) is 1. The molecule has 1 aromatic rings. The van der Waals surface area contributed by atoms with Crippen molar-refractivity contribution in [1.29, 1.82) is 0 Å². The smallest absolute Gasteiger partial charge is 0.416 e. The molecule has 1 fully saturated rings. The van der Waals surface area contributed by atoms with Gasteiger partial charge < -0.3 is 15.0 Å². The number of carbonyl (C=O) groups is 2. The van der Waals surface area contributed by atoms with Crippen molar-refractivity contribution in [3.05, 3.63) is 29.8 Å². The lowest BCUT2D eigenvalue weighted by atomic mass is 10.1. The standard InChI is InChI=1S/C17H21F3N2O3/c1-16(2,3)21-15(24)25-13-5-4-10-22(14(13)23)12-8-6-11(7-9-12)17(18,19)20/h6-9,13H,4-5,10H2,1-3H3,(H,21,24). The number of nitrogens with one attached hydrogen (secondary N) is 1. The summed E-state index contributed by atoms with van der Waals surface area (Å²) in [6.07, 6.45) is -5.10. The van der Waals surface area contributed by atoms with Gasteiger partial charge in [-0.3, -0.25) is 4.79 Å². The molecule has 0 radical (unpaired) electrons. The van der Waals surface area contributed by atoms with E-state index in [1.807, 2.05) is 0 Å². The summed E-state index contributed by atoms with van der Waals surface area (Å²) >= 11 is 0. The van der Waals surface area contributed by atoms with Crippen molar-refractivity contribution in [3.63, 3.8) is 0 Å². The second-order valence-electron chi connectivity index (χ2n) is 6.95. The molecule has 2 rings (SSSR count). The number of alkyl halides is 3. The molecule has 0 aromatic heterocycles. The highest BCUT2D eigenvalue weighted by Crippen LogP contribution is 2.31. The van der Waals surface area contributed by atoms with Gasteiger partial charge in [-0.2, -0.15) is 13.2 Å². The monoisotopic (exact) mass is 358 g/mol. The van der Waals surface area contributed by atoms with E-state index in [0.29, 0.717) is 25.1 Å². The highest BCUT2D eigenvalue weighted by Gasteiger charge is 2.34. The summed E-state index contributed by atoms with van der Waals surface area (Å²) in [7, 11) is 0. The molecule has 0 spiro atoms. The molecule has 1 heterocycles. The fourth-order valence-electron chi connectivity index (χ4n) is 2.50. The Morgan fingerprint density at radius 2 is 1.80 bits per heavy atom. The van der Waals surface area contributed by atoms with Crippen LogP contribution in [0.1, 0.15) is 39.2 Å². The van der Waals surface area contributed by atoms with Crippen LogP contribution in [-0.2, 0) is 15.7 Å². The zero-order valence-electron chi connectivity index (χ0n) is 14.3. The Kier molecular flexibility index (Phi) is 5.29. The Bertz CT molecular complexity index is 636. The second kappa shape index (κ2) is 6.93. The van der Waals surface area contributed by atoms with Crippen LogP contribution in [0.2, 0.25) is 0 Å². The molecule has 5 nitrogen and oxygen atoms in total. The first-order valence-electron chi connectivity index (χ1n) is 7.95. The Hall–Kier alpha value is -2.25. The molecule has 1 aliphatic heterocycles. The first-order chi connectivity index (χ1) is 11.5. The topological polar surface area (TPSA) is 58.6 Å². The van der Waals surface area contributed by atoms with Crippen LogP contribution in [0.5, 0.6) is 0 Å². The molecule has 0 aliphatic carbocycles. The van der Waals surface area contributed by atoms with Gasteiger partial charge in [0.15, 0.2) is 6.10 Å². The first kappa shape index (κ1) is 19.1. The summed E-state index contributed by atoms with van der Waals surface area (Å²) in [6.45, 7) is 5.72. The van der Waals surface area contributed by atoms with E-state index in [0.717, 1.165) is 12.1 Å². The maximum atomic E-state index is 12.6. The van der Waals surface area contributed by atoms with Crippen molar-refractivity contribution >= 4 is 17.7 Å². The quantitative estimate of drug-likeness (QED) is 0.876. The number of alkyl carbamates (subject to hydrolysis) is 1. The second-order valence-corrected chi connectivity index (χ2v) is 6.95. The van der Waals surface area contributed by atoms with Crippen molar-refractivity contribution in [2.24, 2.45) is 0 Å². The molecule has 1 atom stereocenters. The lowest BCUT2D eigenvalue weighted by Gasteiger charge is -2.32. The van der Waals surface area contributed by atoms with Crippen molar-refractivity contribution in [2.75, 3.05) is 11.4 Å². The first-order valence-corrected chi connectivity index (χ1v) is 7.95. The summed E-state index contributed by atoms with van der Waals surface area (Å²) in [5.74, 6) is -0.435.